The molecule has 24 heavy (non-hydrogen) atoms. The number of halogens is 1. The average molecular weight is 330 g/mol. The lowest BCUT2D eigenvalue weighted by molar-refractivity contribution is 0.0946. The Balaban J connectivity index is 2.03. The van der Waals surface area contributed by atoms with E-state index in [9.17, 15) is 14.0 Å². The fraction of sp³-hybridized carbons (Fsp3) is 0.235. The van der Waals surface area contributed by atoms with Gasteiger partial charge in [0.15, 0.2) is 0 Å². The third-order valence-electron chi connectivity index (χ3n) is 3.18. The van der Waals surface area contributed by atoms with Crippen molar-refractivity contribution < 1.29 is 14.0 Å². The second-order valence-corrected chi connectivity index (χ2v) is 5.45. The lowest BCUT2D eigenvalue weighted by Crippen LogP contribution is -2.32. The Hall–Kier alpha value is -2.80. The van der Waals surface area contributed by atoms with Crippen molar-refractivity contribution in [2.45, 2.75) is 0 Å². The van der Waals surface area contributed by atoms with E-state index in [2.05, 4.69) is 15.6 Å². The van der Waals surface area contributed by atoms with E-state index in [0.717, 1.165) is 0 Å². The van der Waals surface area contributed by atoms with Crippen molar-refractivity contribution in [2.24, 2.45) is 0 Å². The normalized spacial score (nSPS) is 10.5. The summed E-state index contributed by atoms with van der Waals surface area (Å²) in [5, 5.41) is 5.31. The second kappa shape index (κ2) is 8.16. The molecule has 0 atom stereocenters. The molecule has 1 aromatic carbocycles. The summed E-state index contributed by atoms with van der Waals surface area (Å²) >= 11 is 0. The maximum Gasteiger partial charge on any atom is 0.269 e. The molecule has 6 nitrogen and oxygen atoms in total. The zero-order chi connectivity index (χ0) is 17.5. The first-order valence-electron chi connectivity index (χ1n) is 7.41. The highest BCUT2D eigenvalue weighted by molar-refractivity contribution is 6.05. The molecular weight excluding hydrogens is 311 g/mol. The smallest absolute Gasteiger partial charge is 0.269 e. The van der Waals surface area contributed by atoms with Crippen molar-refractivity contribution in [1.29, 1.82) is 0 Å². The molecule has 7 heteroatoms. The summed E-state index contributed by atoms with van der Waals surface area (Å²) in [6.07, 6.45) is 1.39. The Morgan fingerprint density at radius 3 is 2.67 bits per heavy atom. The molecule has 0 bridgehead atoms. The minimum absolute atomic E-state index is 0.153. The number of benzene rings is 1. The summed E-state index contributed by atoms with van der Waals surface area (Å²) in [7, 11) is 3.81. The molecule has 0 aliphatic heterocycles. The summed E-state index contributed by atoms with van der Waals surface area (Å²) < 4.78 is 13.1. The zero-order valence-electron chi connectivity index (χ0n) is 13.5. The third-order valence-corrected chi connectivity index (χ3v) is 3.18. The number of carbonyl (C=O) groups is 2. The Labute approximate surface area is 139 Å². The second-order valence-electron chi connectivity index (χ2n) is 5.45. The lowest BCUT2D eigenvalue weighted by atomic mass is 10.2. The van der Waals surface area contributed by atoms with Crippen LogP contribution in [0.2, 0.25) is 0 Å². The number of rotatable bonds is 6. The summed E-state index contributed by atoms with van der Waals surface area (Å²) in [4.78, 5) is 30.2. The van der Waals surface area contributed by atoms with Crippen molar-refractivity contribution in [3.63, 3.8) is 0 Å². The lowest BCUT2D eigenvalue weighted by Gasteiger charge is -2.10. The fourth-order valence-electron chi connectivity index (χ4n) is 1.95. The summed E-state index contributed by atoms with van der Waals surface area (Å²) in [5.74, 6) is -1.23. The molecule has 0 saturated heterocycles. The van der Waals surface area contributed by atoms with E-state index in [4.69, 9.17) is 0 Å². The maximum atomic E-state index is 13.1. The van der Waals surface area contributed by atoms with Crippen molar-refractivity contribution >= 4 is 17.5 Å². The minimum atomic E-state index is -0.441. The van der Waals surface area contributed by atoms with Crippen molar-refractivity contribution in [3.05, 3.63) is 59.7 Å². The first kappa shape index (κ1) is 17.6. The monoisotopic (exact) mass is 330 g/mol. The number of hydrogen-bond donors (Lipinski definition) is 2. The molecule has 0 radical (unpaired) electrons. The predicted molar refractivity (Wildman–Crippen MR) is 89.5 cm³/mol. The van der Waals surface area contributed by atoms with Gasteiger partial charge in [0.05, 0.1) is 0 Å². The molecule has 0 unspecified atom stereocenters. The number of nitrogens with one attached hydrogen (secondary N) is 2. The van der Waals surface area contributed by atoms with Crippen LogP contribution < -0.4 is 10.6 Å². The van der Waals surface area contributed by atoms with Gasteiger partial charge in [-0.1, -0.05) is 6.07 Å². The highest BCUT2D eigenvalue weighted by Gasteiger charge is 2.12. The van der Waals surface area contributed by atoms with Gasteiger partial charge >= 0.3 is 0 Å². The zero-order valence-corrected chi connectivity index (χ0v) is 13.5. The standard InChI is InChI=1S/C17H19FN4O2/c1-22(2)9-8-20-17(24)15-10-12(6-7-19-15)16(23)21-14-5-3-4-13(18)11-14/h3-7,10-11H,8-9H2,1-2H3,(H,20,24)(H,21,23). The highest BCUT2D eigenvalue weighted by Crippen LogP contribution is 2.11. The van der Waals surface area contributed by atoms with Gasteiger partial charge < -0.3 is 15.5 Å². The molecule has 1 heterocycles. The summed E-state index contributed by atoms with van der Waals surface area (Å²) in [5.41, 5.74) is 0.765. The number of carbonyl (C=O) groups excluding carboxylic acids is 2. The van der Waals surface area contributed by atoms with Crippen LogP contribution in [0.15, 0.2) is 42.6 Å². The molecular formula is C17H19FN4O2. The van der Waals surface area contributed by atoms with Gasteiger partial charge in [0.2, 0.25) is 0 Å². The van der Waals surface area contributed by atoms with Crippen LogP contribution in [0.1, 0.15) is 20.8 Å². The van der Waals surface area contributed by atoms with E-state index in [1.807, 2.05) is 19.0 Å². The van der Waals surface area contributed by atoms with Crippen molar-refractivity contribution in [3.8, 4) is 0 Å². The number of anilines is 1. The third kappa shape index (κ3) is 5.13. The first-order valence-corrected chi connectivity index (χ1v) is 7.41. The Bertz CT molecular complexity index is 734. The maximum absolute atomic E-state index is 13.1. The molecule has 2 N–H and O–H groups in total. The van der Waals surface area contributed by atoms with Gasteiger partial charge in [0.25, 0.3) is 11.8 Å². The molecule has 1 aromatic heterocycles. The van der Waals surface area contributed by atoms with Gasteiger partial charge in [0, 0.05) is 30.5 Å². The summed E-state index contributed by atoms with van der Waals surface area (Å²) in [6.45, 7) is 1.18. The molecule has 0 aliphatic rings. The van der Waals surface area contributed by atoms with E-state index < -0.39 is 11.7 Å². The Morgan fingerprint density at radius 2 is 1.96 bits per heavy atom. The molecule has 126 valence electrons. The SMILES string of the molecule is CN(C)CCNC(=O)c1cc(C(=O)Nc2cccc(F)c2)ccn1. The number of pyridine rings is 1. The first-order chi connectivity index (χ1) is 11.5. The fourth-order valence-corrected chi connectivity index (χ4v) is 1.95. The van der Waals surface area contributed by atoms with Crippen molar-refractivity contribution in [1.82, 2.24) is 15.2 Å². The number of hydrogen-bond acceptors (Lipinski definition) is 4. The number of amides is 2. The van der Waals surface area contributed by atoms with E-state index in [1.165, 1.54) is 36.5 Å². The van der Waals surface area contributed by atoms with E-state index in [0.29, 0.717) is 18.8 Å². The van der Waals surface area contributed by atoms with Crippen LogP contribution in [0.25, 0.3) is 0 Å². The molecule has 2 amide bonds. The van der Waals surface area contributed by atoms with E-state index >= 15 is 0 Å². The van der Waals surface area contributed by atoms with Crippen molar-refractivity contribution in [2.75, 3.05) is 32.5 Å². The molecule has 0 aliphatic carbocycles. The quantitative estimate of drug-likeness (QED) is 0.846. The van der Waals surface area contributed by atoms with Gasteiger partial charge in [-0.15, -0.1) is 0 Å². The van der Waals surface area contributed by atoms with Gasteiger partial charge in [-0.3, -0.25) is 14.6 Å². The van der Waals surface area contributed by atoms with E-state index in [-0.39, 0.29) is 17.2 Å². The van der Waals surface area contributed by atoms with Crippen LogP contribution in [0.4, 0.5) is 10.1 Å². The van der Waals surface area contributed by atoms with Crippen LogP contribution in [0.5, 0.6) is 0 Å². The molecule has 0 saturated carbocycles. The summed E-state index contributed by atoms with van der Waals surface area (Å²) in [6, 6.07) is 8.48. The van der Waals surface area contributed by atoms with Gasteiger partial charge in [0.1, 0.15) is 11.5 Å². The Kier molecular flexibility index (Phi) is 5.97. The van der Waals surface area contributed by atoms with Crippen LogP contribution in [-0.4, -0.2) is 48.9 Å². The van der Waals surface area contributed by atoms with Crippen LogP contribution in [0.3, 0.4) is 0 Å². The van der Waals surface area contributed by atoms with Crippen LogP contribution in [-0.2, 0) is 0 Å². The predicted octanol–water partition coefficient (Wildman–Crippen LogP) is 1.76. The highest BCUT2D eigenvalue weighted by atomic mass is 19.1. The average Bonchev–Trinajstić information content (AvgIpc) is 2.54. The van der Waals surface area contributed by atoms with Gasteiger partial charge in [-0.2, -0.15) is 0 Å². The van der Waals surface area contributed by atoms with Crippen LogP contribution >= 0.6 is 0 Å². The largest absolute Gasteiger partial charge is 0.349 e. The van der Waals surface area contributed by atoms with Gasteiger partial charge in [-0.05, 0) is 44.4 Å². The van der Waals surface area contributed by atoms with Gasteiger partial charge in [-0.25, -0.2) is 4.39 Å². The molecule has 0 spiro atoms. The van der Waals surface area contributed by atoms with E-state index in [1.54, 1.807) is 6.07 Å². The van der Waals surface area contributed by atoms with Crippen LogP contribution in [0, 0.1) is 5.82 Å². The topological polar surface area (TPSA) is 74.3 Å². The molecule has 2 rings (SSSR count). The minimum Gasteiger partial charge on any atom is -0.349 e. The number of likely N-dealkylation sites (N-methyl/N-ethyl adjacent to an activating group) is 1. The number of nitrogens with zero attached hydrogens (tertiary/aromatic N) is 2. The number of aromatic nitrogens is 1. The Morgan fingerprint density at radius 1 is 1.17 bits per heavy atom. The molecule has 2 aromatic rings. The molecule has 0 fully saturated rings.